The molecule has 2 saturated heterocycles. The normalized spacial score (nSPS) is 29.9. The molecule has 2 heterocycles. The van der Waals surface area contributed by atoms with E-state index >= 15 is 0 Å². The molecule has 0 bridgehead atoms. The Morgan fingerprint density at radius 3 is 2.31 bits per heavy atom. The molecule has 1 spiro atoms. The van der Waals surface area contributed by atoms with Gasteiger partial charge in [0.15, 0.2) is 0 Å². The van der Waals surface area contributed by atoms with Gasteiger partial charge in [-0.05, 0) is 44.1 Å². The first-order valence-electron chi connectivity index (χ1n) is 6.41. The number of piperidine rings is 1. The van der Waals surface area contributed by atoms with Gasteiger partial charge in [-0.25, -0.2) is 4.79 Å². The van der Waals surface area contributed by atoms with Crippen LogP contribution in [0.15, 0.2) is 0 Å². The molecule has 0 atom stereocenters. The van der Waals surface area contributed by atoms with Gasteiger partial charge in [0.05, 0.1) is 0 Å². The van der Waals surface area contributed by atoms with E-state index in [4.69, 9.17) is 5.11 Å². The van der Waals surface area contributed by atoms with Crippen molar-refractivity contribution in [1.82, 2.24) is 9.80 Å². The fourth-order valence-electron chi connectivity index (χ4n) is 3.30. The smallest absolute Gasteiger partial charge is 0.407 e. The Kier molecular flexibility index (Phi) is 2.35. The maximum absolute atomic E-state index is 10.9. The lowest BCUT2D eigenvalue weighted by Crippen LogP contribution is -2.43. The number of hydrogen-bond donors (Lipinski definition) is 1. The van der Waals surface area contributed by atoms with Crippen LogP contribution in [-0.4, -0.2) is 53.2 Å². The number of hydrogen-bond acceptors (Lipinski definition) is 2. The highest BCUT2D eigenvalue weighted by atomic mass is 16.4. The summed E-state index contributed by atoms with van der Waals surface area (Å²) in [6.45, 7) is 3.96. The third-order valence-corrected chi connectivity index (χ3v) is 4.63. The first-order valence-corrected chi connectivity index (χ1v) is 6.41. The Balaban J connectivity index is 1.58. The quantitative estimate of drug-likeness (QED) is 0.736. The molecular weight excluding hydrogens is 204 g/mol. The molecule has 4 nitrogen and oxygen atoms in total. The second-order valence-corrected chi connectivity index (χ2v) is 5.72. The zero-order valence-corrected chi connectivity index (χ0v) is 9.69. The molecule has 90 valence electrons. The molecule has 1 N–H and O–H groups in total. The van der Waals surface area contributed by atoms with E-state index in [1.165, 1.54) is 32.4 Å². The van der Waals surface area contributed by atoms with E-state index in [1.807, 2.05) is 0 Å². The third-order valence-electron chi connectivity index (χ3n) is 4.63. The van der Waals surface area contributed by atoms with Crippen molar-refractivity contribution >= 4 is 6.09 Å². The van der Waals surface area contributed by atoms with Crippen LogP contribution in [0.3, 0.4) is 0 Å². The molecule has 0 aromatic rings. The van der Waals surface area contributed by atoms with Crippen LogP contribution in [0.4, 0.5) is 4.79 Å². The first-order chi connectivity index (χ1) is 7.69. The fraction of sp³-hybridized carbons (Fsp3) is 0.917. The van der Waals surface area contributed by atoms with Crippen molar-refractivity contribution in [1.29, 1.82) is 0 Å². The Bertz CT molecular complexity index is 293. The molecule has 16 heavy (non-hydrogen) atoms. The van der Waals surface area contributed by atoms with Crippen LogP contribution in [0.1, 0.15) is 32.1 Å². The maximum Gasteiger partial charge on any atom is 0.407 e. The largest absolute Gasteiger partial charge is 0.465 e. The molecule has 4 heteroatoms. The van der Waals surface area contributed by atoms with Crippen LogP contribution in [0.25, 0.3) is 0 Å². The molecule has 1 saturated carbocycles. The molecule has 0 radical (unpaired) electrons. The van der Waals surface area contributed by atoms with Crippen molar-refractivity contribution in [3.05, 3.63) is 0 Å². The predicted molar refractivity (Wildman–Crippen MR) is 60.5 cm³/mol. The molecule has 3 aliphatic rings. The van der Waals surface area contributed by atoms with E-state index in [2.05, 4.69) is 4.90 Å². The summed E-state index contributed by atoms with van der Waals surface area (Å²) in [6, 6.07) is 0.872. The number of likely N-dealkylation sites (tertiary alicyclic amines) is 2. The Hall–Kier alpha value is -0.770. The number of carbonyl (C=O) groups is 1. The van der Waals surface area contributed by atoms with Crippen molar-refractivity contribution < 1.29 is 9.90 Å². The van der Waals surface area contributed by atoms with Crippen LogP contribution in [-0.2, 0) is 0 Å². The van der Waals surface area contributed by atoms with Gasteiger partial charge in [0.25, 0.3) is 0 Å². The van der Waals surface area contributed by atoms with Crippen molar-refractivity contribution in [2.45, 2.75) is 38.1 Å². The highest BCUT2D eigenvalue weighted by molar-refractivity contribution is 5.65. The minimum Gasteiger partial charge on any atom is -0.465 e. The van der Waals surface area contributed by atoms with Crippen molar-refractivity contribution in [3.8, 4) is 0 Å². The number of nitrogens with zero attached hydrogens (tertiary/aromatic N) is 2. The second kappa shape index (κ2) is 3.62. The molecule has 1 amide bonds. The van der Waals surface area contributed by atoms with Crippen molar-refractivity contribution in [2.24, 2.45) is 5.41 Å². The van der Waals surface area contributed by atoms with Gasteiger partial charge in [-0.3, -0.25) is 4.90 Å². The molecule has 0 aromatic heterocycles. The SMILES string of the molecule is O=C(O)N1CCC2(CC1)CCN(C1CC1)C2. The molecular formula is C12H20N2O2. The van der Waals surface area contributed by atoms with Gasteiger partial charge >= 0.3 is 6.09 Å². The summed E-state index contributed by atoms with van der Waals surface area (Å²) >= 11 is 0. The van der Waals surface area contributed by atoms with Crippen LogP contribution >= 0.6 is 0 Å². The summed E-state index contributed by atoms with van der Waals surface area (Å²) in [5.74, 6) is 0. The minimum absolute atomic E-state index is 0.453. The van der Waals surface area contributed by atoms with Gasteiger partial charge in [-0.1, -0.05) is 0 Å². The average molecular weight is 224 g/mol. The third kappa shape index (κ3) is 1.79. The first kappa shape index (κ1) is 10.4. The lowest BCUT2D eigenvalue weighted by molar-refractivity contribution is 0.0913. The minimum atomic E-state index is -0.744. The molecule has 0 unspecified atom stereocenters. The van der Waals surface area contributed by atoms with Crippen molar-refractivity contribution in [2.75, 3.05) is 26.2 Å². The van der Waals surface area contributed by atoms with Crippen LogP contribution in [0.5, 0.6) is 0 Å². The highest BCUT2D eigenvalue weighted by Crippen LogP contribution is 2.43. The lowest BCUT2D eigenvalue weighted by atomic mass is 9.78. The topological polar surface area (TPSA) is 43.8 Å². The number of carboxylic acid groups (broad SMARTS) is 1. The number of amides is 1. The average Bonchev–Trinajstić information content (AvgIpc) is 3.04. The van der Waals surface area contributed by atoms with Crippen molar-refractivity contribution in [3.63, 3.8) is 0 Å². The standard InChI is InChI=1S/C12H20N2O2/c15-11(16)13-6-3-12(4-7-13)5-8-14(9-12)10-1-2-10/h10H,1-9H2,(H,15,16). The summed E-state index contributed by atoms with van der Waals surface area (Å²) in [4.78, 5) is 15.1. The van der Waals surface area contributed by atoms with Crippen LogP contribution in [0.2, 0.25) is 0 Å². The van der Waals surface area contributed by atoms with Crippen LogP contribution in [0, 0.1) is 5.41 Å². The monoisotopic (exact) mass is 224 g/mol. The van der Waals surface area contributed by atoms with Gasteiger partial charge in [0.1, 0.15) is 0 Å². The highest BCUT2D eigenvalue weighted by Gasteiger charge is 2.44. The molecule has 3 fully saturated rings. The van der Waals surface area contributed by atoms with Gasteiger partial charge in [0.2, 0.25) is 0 Å². The predicted octanol–water partition coefficient (Wildman–Crippen LogP) is 1.61. The zero-order chi connectivity index (χ0) is 11.2. The van der Waals surface area contributed by atoms with E-state index in [-0.39, 0.29) is 0 Å². The van der Waals surface area contributed by atoms with Crippen LogP contribution < -0.4 is 0 Å². The molecule has 2 aliphatic heterocycles. The fourth-order valence-corrected chi connectivity index (χ4v) is 3.30. The summed E-state index contributed by atoms with van der Waals surface area (Å²) in [7, 11) is 0. The molecule has 1 aliphatic carbocycles. The Labute approximate surface area is 96.2 Å². The summed E-state index contributed by atoms with van der Waals surface area (Å²) < 4.78 is 0. The maximum atomic E-state index is 10.9. The Morgan fingerprint density at radius 1 is 1.12 bits per heavy atom. The van der Waals surface area contributed by atoms with E-state index in [9.17, 15) is 4.79 Å². The summed E-state index contributed by atoms with van der Waals surface area (Å²) in [5.41, 5.74) is 0.453. The van der Waals surface area contributed by atoms with E-state index in [1.54, 1.807) is 4.90 Å². The number of rotatable bonds is 1. The van der Waals surface area contributed by atoms with E-state index in [0.717, 1.165) is 32.0 Å². The molecule has 0 aromatic carbocycles. The summed E-state index contributed by atoms with van der Waals surface area (Å²) in [6.07, 6.45) is 5.46. The van der Waals surface area contributed by atoms with Gasteiger partial charge < -0.3 is 10.0 Å². The zero-order valence-electron chi connectivity index (χ0n) is 9.69. The van der Waals surface area contributed by atoms with Gasteiger partial charge in [-0.2, -0.15) is 0 Å². The summed E-state index contributed by atoms with van der Waals surface area (Å²) in [5, 5.41) is 8.94. The van der Waals surface area contributed by atoms with Gasteiger partial charge in [-0.15, -0.1) is 0 Å². The lowest BCUT2D eigenvalue weighted by Gasteiger charge is -2.38. The van der Waals surface area contributed by atoms with E-state index in [0.29, 0.717) is 5.41 Å². The van der Waals surface area contributed by atoms with E-state index < -0.39 is 6.09 Å². The van der Waals surface area contributed by atoms with Gasteiger partial charge in [0, 0.05) is 25.7 Å². The Morgan fingerprint density at radius 2 is 1.75 bits per heavy atom. The second-order valence-electron chi connectivity index (χ2n) is 5.72. The molecule has 3 rings (SSSR count).